The molecule has 0 heterocycles. The van der Waals surface area contributed by atoms with Crippen LogP contribution in [0.2, 0.25) is 0 Å². The first-order valence-electron chi connectivity index (χ1n) is 5.42. The summed E-state index contributed by atoms with van der Waals surface area (Å²) in [6.45, 7) is 9.22. The highest BCUT2D eigenvalue weighted by atomic mass is 16.5. The van der Waals surface area contributed by atoms with E-state index in [2.05, 4.69) is 12.2 Å². The Morgan fingerprint density at radius 3 is 2.43 bits per heavy atom. The van der Waals surface area contributed by atoms with Crippen molar-refractivity contribution in [2.45, 2.75) is 46.1 Å². The number of carbonyl (C=O) groups excluding carboxylic acids is 1. The summed E-state index contributed by atoms with van der Waals surface area (Å²) in [5, 5.41) is 3.27. The van der Waals surface area contributed by atoms with Gasteiger partial charge in [-0.1, -0.05) is 13.8 Å². The molecule has 1 atom stereocenters. The number of hydrogen-bond acceptors (Lipinski definition) is 3. The highest BCUT2D eigenvalue weighted by molar-refractivity contribution is 5.82. The van der Waals surface area contributed by atoms with Crippen LogP contribution in [0.1, 0.15) is 40.5 Å². The quantitative estimate of drug-likeness (QED) is 0.685. The van der Waals surface area contributed by atoms with Crippen LogP contribution in [0.3, 0.4) is 0 Å². The number of ether oxygens (including phenoxy) is 1. The minimum atomic E-state index is -0.502. The lowest BCUT2D eigenvalue weighted by Gasteiger charge is -2.34. The van der Waals surface area contributed by atoms with Gasteiger partial charge < -0.3 is 10.1 Å². The summed E-state index contributed by atoms with van der Waals surface area (Å²) in [7, 11) is 0. The lowest BCUT2D eigenvalue weighted by atomic mass is 9.83. The molecule has 0 aromatic rings. The first kappa shape index (κ1) is 11.5. The molecule has 3 heteroatoms. The van der Waals surface area contributed by atoms with Crippen LogP contribution in [0.25, 0.3) is 0 Å². The van der Waals surface area contributed by atoms with Gasteiger partial charge in [0.05, 0.1) is 6.61 Å². The highest BCUT2D eigenvalue weighted by Crippen LogP contribution is 2.53. The van der Waals surface area contributed by atoms with Gasteiger partial charge in [-0.15, -0.1) is 0 Å². The van der Waals surface area contributed by atoms with E-state index in [0.29, 0.717) is 6.61 Å². The molecular formula is C11H21NO2. The van der Waals surface area contributed by atoms with Gasteiger partial charge in [0.2, 0.25) is 0 Å². The third-order valence-corrected chi connectivity index (χ3v) is 3.42. The topological polar surface area (TPSA) is 38.3 Å². The van der Waals surface area contributed by atoms with E-state index in [-0.39, 0.29) is 11.4 Å². The molecule has 0 aromatic carbocycles. The molecular weight excluding hydrogens is 178 g/mol. The summed E-state index contributed by atoms with van der Waals surface area (Å²) in [6, 6.07) is 0. The van der Waals surface area contributed by atoms with Gasteiger partial charge in [-0.05, 0) is 38.6 Å². The van der Waals surface area contributed by atoms with Crippen LogP contribution in [0.4, 0.5) is 0 Å². The van der Waals surface area contributed by atoms with Gasteiger partial charge in [-0.25, -0.2) is 0 Å². The predicted octanol–water partition coefficient (Wildman–Crippen LogP) is 1.72. The van der Waals surface area contributed by atoms with Crippen LogP contribution in [-0.2, 0) is 9.53 Å². The molecule has 1 saturated carbocycles. The zero-order chi connectivity index (χ0) is 10.8. The third-order valence-electron chi connectivity index (χ3n) is 3.42. The predicted molar refractivity (Wildman–Crippen MR) is 56.1 cm³/mol. The first-order chi connectivity index (χ1) is 6.50. The van der Waals surface area contributed by atoms with E-state index in [4.69, 9.17) is 4.74 Å². The van der Waals surface area contributed by atoms with Crippen LogP contribution in [0.5, 0.6) is 0 Å². The highest BCUT2D eigenvalue weighted by Gasteiger charge is 2.57. The van der Waals surface area contributed by atoms with Gasteiger partial charge in [0.15, 0.2) is 0 Å². The molecule has 82 valence electrons. The maximum absolute atomic E-state index is 11.9. The Bertz CT molecular complexity index is 223. The fourth-order valence-corrected chi connectivity index (χ4v) is 1.85. The molecule has 1 aliphatic rings. The summed E-state index contributed by atoms with van der Waals surface area (Å²) < 4.78 is 5.12. The fraction of sp³-hybridized carbons (Fsp3) is 0.909. The van der Waals surface area contributed by atoms with E-state index < -0.39 is 5.54 Å². The average molecular weight is 199 g/mol. The normalized spacial score (nSPS) is 22.6. The van der Waals surface area contributed by atoms with Crippen LogP contribution in [0.15, 0.2) is 0 Å². The van der Waals surface area contributed by atoms with Crippen LogP contribution in [-0.4, -0.2) is 24.7 Å². The van der Waals surface area contributed by atoms with Crippen molar-refractivity contribution < 1.29 is 9.53 Å². The molecule has 1 rings (SSSR count). The van der Waals surface area contributed by atoms with Gasteiger partial charge in [-0.3, -0.25) is 4.79 Å². The smallest absolute Gasteiger partial charge is 0.326 e. The molecule has 0 saturated heterocycles. The average Bonchev–Trinajstić information content (AvgIpc) is 2.86. The van der Waals surface area contributed by atoms with Crippen molar-refractivity contribution in [1.82, 2.24) is 5.32 Å². The zero-order valence-corrected chi connectivity index (χ0v) is 9.64. The SMILES string of the molecule is CCNC(C)(C(=O)OCC)C1(C)CC1. The van der Waals surface area contributed by atoms with E-state index in [1.54, 1.807) is 0 Å². The molecule has 1 unspecified atom stereocenters. The van der Waals surface area contributed by atoms with E-state index in [0.717, 1.165) is 19.4 Å². The number of esters is 1. The monoisotopic (exact) mass is 199 g/mol. The van der Waals surface area contributed by atoms with E-state index >= 15 is 0 Å². The van der Waals surface area contributed by atoms with Crippen molar-refractivity contribution in [2.24, 2.45) is 5.41 Å². The molecule has 14 heavy (non-hydrogen) atoms. The van der Waals surface area contributed by atoms with E-state index in [1.165, 1.54) is 0 Å². The van der Waals surface area contributed by atoms with E-state index in [1.807, 2.05) is 20.8 Å². The summed E-state index contributed by atoms with van der Waals surface area (Å²) in [5.74, 6) is -0.109. The Labute approximate surface area is 86.2 Å². The second kappa shape index (κ2) is 3.89. The van der Waals surface area contributed by atoms with Gasteiger partial charge in [0.25, 0.3) is 0 Å². The Balaban J connectivity index is 2.75. The van der Waals surface area contributed by atoms with Crippen LogP contribution < -0.4 is 5.32 Å². The summed E-state index contributed by atoms with van der Waals surface area (Å²) in [5.41, 5.74) is -0.410. The molecule has 3 nitrogen and oxygen atoms in total. The number of rotatable bonds is 5. The molecule has 0 amide bonds. The second-order valence-electron chi connectivity index (χ2n) is 4.44. The molecule has 0 aromatic heterocycles. The second-order valence-corrected chi connectivity index (χ2v) is 4.44. The summed E-state index contributed by atoms with van der Waals surface area (Å²) in [4.78, 5) is 11.9. The molecule has 0 aliphatic heterocycles. The van der Waals surface area contributed by atoms with Gasteiger partial charge in [0.1, 0.15) is 5.54 Å². The maximum atomic E-state index is 11.9. The largest absolute Gasteiger partial charge is 0.465 e. The molecule has 1 fully saturated rings. The van der Waals surface area contributed by atoms with Crippen molar-refractivity contribution >= 4 is 5.97 Å². The lowest BCUT2D eigenvalue weighted by Crippen LogP contribution is -2.56. The lowest BCUT2D eigenvalue weighted by molar-refractivity contribution is -0.153. The summed E-state index contributed by atoms with van der Waals surface area (Å²) in [6.07, 6.45) is 2.21. The van der Waals surface area contributed by atoms with Gasteiger partial charge in [0, 0.05) is 0 Å². The van der Waals surface area contributed by atoms with E-state index in [9.17, 15) is 4.79 Å². The van der Waals surface area contributed by atoms with Crippen LogP contribution >= 0.6 is 0 Å². The number of hydrogen-bond donors (Lipinski definition) is 1. The molecule has 0 bridgehead atoms. The molecule has 0 radical (unpaired) electrons. The number of carbonyl (C=O) groups is 1. The number of nitrogens with one attached hydrogen (secondary N) is 1. The third kappa shape index (κ3) is 1.78. The van der Waals surface area contributed by atoms with Crippen molar-refractivity contribution in [2.75, 3.05) is 13.2 Å². The van der Waals surface area contributed by atoms with Crippen molar-refractivity contribution in [3.8, 4) is 0 Å². The van der Waals surface area contributed by atoms with Gasteiger partial charge >= 0.3 is 5.97 Å². The zero-order valence-electron chi connectivity index (χ0n) is 9.64. The fourth-order valence-electron chi connectivity index (χ4n) is 1.85. The number of likely N-dealkylation sites (N-methyl/N-ethyl adjacent to an activating group) is 1. The Kier molecular flexibility index (Phi) is 3.20. The molecule has 1 N–H and O–H groups in total. The minimum absolute atomic E-state index is 0.0925. The minimum Gasteiger partial charge on any atom is -0.465 e. The summed E-state index contributed by atoms with van der Waals surface area (Å²) >= 11 is 0. The van der Waals surface area contributed by atoms with Crippen molar-refractivity contribution in [1.29, 1.82) is 0 Å². The van der Waals surface area contributed by atoms with Crippen molar-refractivity contribution in [3.63, 3.8) is 0 Å². The van der Waals surface area contributed by atoms with Crippen molar-refractivity contribution in [3.05, 3.63) is 0 Å². The molecule has 0 spiro atoms. The standard InChI is InChI=1S/C11H21NO2/c1-5-12-11(4,9(13)14-6-2)10(3)7-8-10/h12H,5-8H2,1-4H3. The Morgan fingerprint density at radius 2 is 2.07 bits per heavy atom. The Hall–Kier alpha value is -0.570. The van der Waals surface area contributed by atoms with Crippen LogP contribution in [0, 0.1) is 5.41 Å². The molecule has 1 aliphatic carbocycles. The maximum Gasteiger partial charge on any atom is 0.326 e. The first-order valence-corrected chi connectivity index (χ1v) is 5.42. The Morgan fingerprint density at radius 1 is 1.50 bits per heavy atom. The van der Waals surface area contributed by atoms with Gasteiger partial charge in [-0.2, -0.15) is 0 Å².